The fraction of sp³-hybridized carbons (Fsp3) is 0.538. The van der Waals surface area contributed by atoms with Crippen LogP contribution in [0.4, 0.5) is 0 Å². The summed E-state index contributed by atoms with van der Waals surface area (Å²) in [6.45, 7) is 5.37. The quantitative estimate of drug-likeness (QED) is 0.812. The van der Waals surface area contributed by atoms with Gasteiger partial charge in [-0.1, -0.05) is 19.8 Å². The van der Waals surface area contributed by atoms with Crippen LogP contribution in [0.25, 0.3) is 0 Å². The van der Waals surface area contributed by atoms with Gasteiger partial charge in [-0.15, -0.1) is 0 Å². The van der Waals surface area contributed by atoms with Crippen LogP contribution in [-0.2, 0) is 4.79 Å². The monoisotopic (exact) mass is 265 g/mol. The first-order chi connectivity index (χ1) is 8.95. The standard InChI is InChI=1S/C13H19N3O3/c1-4-5-6-11(13(18)19)14-12(17)10-7-8(2)15-16-9(10)3/h7,11H,4-6H2,1-3H3,(H,14,17)(H,18,19). The van der Waals surface area contributed by atoms with Gasteiger partial charge >= 0.3 is 5.97 Å². The molecule has 1 unspecified atom stereocenters. The van der Waals surface area contributed by atoms with Crippen molar-refractivity contribution in [3.05, 3.63) is 23.0 Å². The lowest BCUT2D eigenvalue weighted by Gasteiger charge is -2.14. The number of rotatable bonds is 6. The summed E-state index contributed by atoms with van der Waals surface area (Å²) in [6, 6.07) is 0.747. The van der Waals surface area contributed by atoms with Gasteiger partial charge in [0, 0.05) is 0 Å². The average Bonchev–Trinajstić information content (AvgIpc) is 2.36. The third-order valence-corrected chi connectivity index (χ3v) is 2.80. The molecule has 0 aliphatic heterocycles. The van der Waals surface area contributed by atoms with Crippen LogP contribution in [-0.4, -0.2) is 33.2 Å². The topological polar surface area (TPSA) is 92.2 Å². The van der Waals surface area contributed by atoms with Crippen molar-refractivity contribution in [3.8, 4) is 0 Å². The van der Waals surface area contributed by atoms with Gasteiger partial charge in [-0.25, -0.2) is 4.79 Å². The predicted molar refractivity (Wildman–Crippen MR) is 69.9 cm³/mol. The molecule has 0 spiro atoms. The summed E-state index contributed by atoms with van der Waals surface area (Å²) < 4.78 is 0. The Hall–Kier alpha value is -1.98. The van der Waals surface area contributed by atoms with Crippen molar-refractivity contribution in [2.45, 2.75) is 46.1 Å². The molecule has 0 aliphatic carbocycles. The van der Waals surface area contributed by atoms with Gasteiger partial charge in [0.2, 0.25) is 0 Å². The molecule has 1 aromatic heterocycles. The lowest BCUT2D eigenvalue weighted by molar-refractivity contribution is -0.139. The highest BCUT2D eigenvalue weighted by Gasteiger charge is 2.21. The van der Waals surface area contributed by atoms with Crippen molar-refractivity contribution in [3.63, 3.8) is 0 Å². The number of aromatic nitrogens is 2. The fourth-order valence-corrected chi connectivity index (χ4v) is 1.68. The zero-order valence-electron chi connectivity index (χ0n) is 11.4. The van der Waals surface area contributed by atoms with E-state index < -0.39 is 17.9 Å². The van der Waals surface area contributed by atoms with E-state index in [4.69, 9.17) is 5.11 Å². The minimum Gasteiger partial charge on any atom is -0.480 e. The molecule has 0 fully saturated rings. The van der Waals surface area contributed by atoms with E-state index in [1.54, 1.807) is 19.9 Å². The van der Waals surface area contributed by atoms with Gasteiger partial charge in [0.1, 0.15) is 6.04 Å². The molecule has 6 heteroatoms. The molecule has 1 amide bonds. The van der Waals surface area contributed by atoms with Gasteiger partial charge in [-0.2, -0.15) is 10.2 Å². The Morgan fingerprint density at radius 1 is 1.37 bits per heavy atom. The van der Waals surface area contributed by atoms with Gasteiger partial charge in [0.05, 0.1) is 17.0 Å². The maximum absolute atomic E-state index is 12.1. The SMILES string of the molecule is CCCCC(NC(=O)c1cc(C)nnc1C)C(=O)O. The predicted octanol–water partition coefficient (Wildman–Crippen LogP) is 1.47. The Morgan fingerprint density at radius 3 is 2.63 bits per heavy atom. The largest absolute Gasteiger partial charge is 0.480 e. The van der Waals surface area contributed by atoms with E-state index >= 15 is 0 Å². The zero-order chi connectivity index (χ0) is 14.4. The first kappa shape index (κ1) is 15.1. The molecule has 0 aliphatic rings. The number of carboxylic acids is 1. The number of carboxylic acid groups (broad SMARTS) is 1. The highest BCUT2D eigenvalue weighted by molar-refractivity contribution is 5.97. The molecule has 2 N–H and O–H groups in total. The number of hydrogen-bond acceptors (Lipinski definition) is 4. The molecule has 0 saturated heterocycles. The van der Waals surface area contributed by atoms with E-state index in [1.165, 1.54) is 0 Å². The maximum Gasteiger partial charge on any atom is 0.326 e. The molecular formula is C13H19N3O3. The zero-order valence-corrected chi connectivity index (χ0v) is 11.4. The van der Waals surface area contributed by atoms with Crippen molar-refractivity contribution in [2.75, 3.05) is 0 Å². The molecular weight excluding hydrogens is 246 g/mol. The van der Waals surface area contributed by atoms with Crippen LogP contribution in [0.1, 0.15) is 47.9 Å². The molecule has 1 atom stereocenters. The minimum atomic E-state index is -1.02. The second-order valence-corrected chi connectivity index (χ2v) is 4.49. The van der Waals surface area contributed by atoms with Gasteiger partial charge < -0.3 is 10.4 Å². The molecule has 19 heavy (non-hydrogen) atoms. The third-order valence-electron chi connectivity index (χ3n) is 2.80. The molecule has 104 valence electrons. The van der Waals surface area contributed by atoms with Crippen molar-refractivity contribution in [1.82, 2.24) is 15.5 Å². The molecule has 0 radical (unpaired) electrons. The van der Waals surface area contributed by atoms with Crippen molar-refractivity contribution in [1.29, 1.82) is 0 Å². The number of aliphatic carboxylic acids is 1. The lowest BCUT2D eigenvalue weighted by atomic mass is 10.1. The van der Waals surface area contributed by atoms with Gasteiger partial charge in [-0.3, -0.25) is 4.79 Å². The Balaban J connectivity index is 2.81. The first-order valence-electron chi connectivity index (χ1n) is 6.30. The van der Waals surface area contributed by atoms with Crippen LogP contribution in [0.5, 0.6) is 0 Å². The summed E-state index contributed by atoms with van der Waals surface area (Å²) in [6.07, 6.45) is 2.06. The Bertz CT molecular complexity index is 474. The maximum atomic E-state index is 12.1. The Morgan fingerprint density at radius 2 is 2.05 bits per heavy atom. The highest BCUT2D eigenvalue weighted by Crippen LogP contribution is 2.07. The smallest absolute Gasteiger partial charge is 0.326 e. The summed E-state index contributed by atoms with van der Waals surface area (Å²) >= 11 is 0. The third kappa shape index (κ3) is 4.31. The normalized spacial score (nSPS) is 11.9. The highest BCUT2D eigenvalue weighted by atomic mass is 16.4. The second kappa shape index (κ2) is 6.82. The van der Waals surface area contributed by atoms with E-state index in [2.05, 4.69) is 15.5 Å². The summed E-state index contributed by atoms with van der Waals surface area (Å²) in [5.41, 5.74) is 1.48. The number of nitrogens with one attached hydrogen (secondary N) is 1. The van der Waals surface area contributed by atoms with E-state index in [0.29, 0.717) is 23.4 Å². The van der Waals surface area contributed by atoms with Crippen molar-refractivity contribution >= 4 is 11.9 Å². The Labute approximate surface area is 112 Å². The van der Waals surface area contributed by atoms with Gasteiger partial charge in [0.25, 0.3) is 5.91 Å². The van der Waals surface area contributed by atoms with Gasteiger partial charge in [0.15, 0.2) is 0 Å². The number of amides is 1. The van der Waals surface area contributed by atoms with Crippen molar-refractivity contribution in [2.24, 2.45) is 0 Å². The number of aryl methyl sites for hydroxylation is 2. The van der Waals surface area contributed by atoms with Gasteiger partial charge in [-0.05, 0) is 26.3 Å². The molecule has 0 bridgehead atoms. The van der Waals surface area contributed by atoms with Crippen molar-refractivity contribution < 1.29 is 14.7 Å². The average molecular weight is 265 g/mol. The minimum absolute atomic E-state index is 0.371. The van der Waals surface area contributed by atoms with E-state index in [0.717, 1.165) is 12.8 Å². The van der Waals surface area contributed by atoms with Crippen LogP contribution in [0.15, 0.2) is 6.07 Å². The Kier molecular flexibility index (Phi) is 5.41. The summed E-state index contributed by atoms with van der Waals surface area (Å²) in [7, 11) is 0. The number of hydrogen-bond donors (Lipinski definition) is 2. The molecule has 1 heterocycles. The molecule has 1 aromatic rings. The number of nitrogens with zero attached hydrogens (tertiary/aromatic N) is 2. The fourth-order valence-electron chi connectivity index (χ4n) is 1.68. The van der Waals surface area contributed by atoms with Crippen LogP contribution in [0, 0.1) is 13.8 Å². The van der Waals surface area contributed by atoms with Crippen LogP contribution in [0.2, 0.25) is 0 Å². The number of carbonyl (C=O) groups excluding carboxylic acids is 1. The molecule has 1 rings (SSSR count). The van der Waals surface area contributed by atoms with Crippen LogP contribution in [0.3, 0.4) is 0 Å². The first-order valence-corrected chi connectivity index (χ1v) is 6.30. The summed E-state index contributed by atoms with van der Waals surface area (Å²) in [4.78, 5) is 23.1. The summed E-state index contributed by atoms with van der Waals surface area (Å²) in [5.74, 6) is -1.43. The van der Waals surface area contributed by atoms with E-state index in [9.17, 15) is 9.59 Å². The van der Waals surface area contributed by atoms with E-state index in [-0.39, 0.29) is 0 Å². The van der Waals surface area contributed by atoms with E-state index in [1.807, 2.05) is 6.92 Å². The number of unbranched alkanes of at least 4 members (excludes halogenated alkanes) is 1. The van der Waals surface area contributed by atoms with Crippen LogP contribution < -0.4 is 5.32 Å². The number of carbonyl (C=O) groups is 2. The molecule has 0 aromatic carbocycles. The molecule has 6 nitrogen and oxygen atoms in total. The van der Waals surface area contributed by atoms with Crippen LogP contribution >= 0.6 is 0 Å². The lowest BCUT2D eigenvalue weighted by Crippen LogP contribution is -2.41. The molecule has 0 saturated carbocycles. The second-order valence-electron chi connectivity index (χ2n) is 4.49. The summed E-state index contributed by atoms with van der Waals surface area (Å²) in [5, 5.41) is 19.3.